The fourth-order valence-corrected chi connectivity index (χ4v) is 3.69. The molecule has 0 fully saturated rings. The van der Waals surface area contributed by atoms with Crippen LogP contribution in [0.3, 0.4) is 0 Å². The van der Waals surface area contributed by atoms with E-state index >= 15 is 0 Å². The van der Waals surface area contributed by atoms with Gasteiger partial charge >= 0.3 is 0 Å². The Morgan fingerprint density at radius 1 is 1.40 bits per heavy atom. The van der Waals surface area contributed by atoms with Gasteiger partial charge in [-0.3, -0.25) is 4.79 Å². The van der Waals surface area contributed by atoms with E-state index in [0.29, 0.717) is 0 Å². The van der Waals surface area contributed by atoms with Crippen LogP contribution in [0.25, 0.3) is 0 Å². The van der Waals surface area contributed by atoms with Crippen LogP contribution in [0.2, 0.25) is 0 Å². The minimum atomic E-state index is -0.834. The summed E-state index contributed by atoms with van der Waals surface area (Å²) in [6.07, 6.45) is 2.88. The fraction of sp³-hybridized carbons (Fsp3) is 0.562. The summed E-state index contributed by atoms with van der Waals surface area (Å²) in [5.41, 5.74) is 3.60. The van der Waals surface area contributed by atoms with Crippen LogP contribution in [0.5, 0.6) is 0 Å². The predicted octanol–water partition coefficient (Wildman–Crippen LogP) is 1.37. The van der Waals surface area contributed by atoms with E-state index in [1.807, 2.05) is 19.9 Å². The molecule has 2 aliphatic carbocycles. The molecule has 4 heteroatoms. The van der Waals surface area contributed by atoms with Crippen molar-refractivity contribution in [3.8, 4) is 0 Å². The summed E-state index contributed by atoms with van der Waals surface area (Å²) in [6, 6.07) is 0. The van der Waals surface area contributed by atoms with E-state index in [-0.39, 0.29) is 17.2 Å². The number of aliphatic hydroxyl groups is 2. The number of likely N-dealkylation sites (N-methyl/N-ethyl adjacent to an activating group) is 1. The SMILES string of the molecule is CC1=C2C[C@@]3(C)C(=C[C@@H](O)[C@H](O)[C@@H]3C)C=C2N(C)C1=O. The van der Waals surface area contributed by atoms with Gasteiger partial charge in [-0.05, 0) is 42.6 Å². The van der Waals surface area contributed by atoms with E-state index in [1.54, 1.807) is 18.0 Å². The van der Waals surface area contributed by atoms with Gasteiger partial charge in [-0.2, -0.15) is 0 Å². The van der Waals surface area contributed by atoms with Gasteiger partial charge in [-0.25, -0.2) is 0 Å². The molecule has 0 saturated heterocycles. The van der Waals surface area contributed by atoms with Crippen LogP contribution < -0.4 is 0 Å². The number of aliphatic hydroxyl groups excluding tert-OH is 2. The van der Waals surface area contributed by atoms with Crippen LogP contribution in [0, 0.1) is 11.3 Å². The summed E-state index contributed by atoms with van der Waals surface area (Å²) < 4.78 is 0. The number of nitrogens with zero attached hydrogens (tertiary/aromatic N) is 1. The van der Waals surface area contributed by atoms with Crippen molar-refractivity contribution in [2.24, 2.45) is 11.3 Å². The Morgan fingerprint density at radius 2 is 2.05 bits per heavy atom. The molecule has 1 amide bonds. The Hall–Kier alpha value is -1.39. The maximum absolute atomic E-state index is 12.1. The van der Waals surface area contributed by atoms with Crippen molar-refractivity contribution in [3.63, 3.8) is 0 Å². The van der Waals surface area contributed by atoms with Crippen molar-refractivity contribution in [3.05, 3.63) is 34.6 Å². The molecular weight excluding hydrogens is 254 g/mol. The first kappa shape index (κ1) is 13.6. The summed E-state index contributed by atoms with van der Waals surface area (Å²) in [7, 11) is 1.78. The molecular formula is C16H21NO3. The van der Waals surface area contributed by atoms with Gasteiger partial charge in [-0.1, -0.05) is 13.8 Å². The van der Waals surface area contributed by atoms with E-state index in [1.165, 1.54) is 0 Å². The smallest absolute Gasteiger partial charge is 0.254 e. The number of hydrogen-bond acceptors (Lipinski definition) is 3. The van der Waals surface area contributed by atoms with Gasteiger partial charge in [0.2, 0.25) is 0 Å². The second-order valence-corrected chi connectivity index (χ2v) is 6.48. The molecule has 108 valence electrons. The second kappa shape index (κ2) is 4.06. The third-order valence-electron chi connectivity index (χ3n) is 5.46. The highest BCUT2D eigenvalue weighted by Crippen LogP contribution is 2.53. The standard InChI is InChI=1S/C16H21NO3/c1-8-11-7-16(3)9(2)14(19)13(18)6-10(16)5-12(11)17(4)15(8)20/h5-6,9,13-14,18-19H,7H2,1-4H3/t9-,13+,14+,16+/m0/s1. The largest absolute Gasteiger partial charge is 0.390 e. The molecule has 0 bridgehead atoms. The Morgan fingerprint density at radius 3 is 2.70 bits per heavy atom. The molecule has 4 atom stereocenters. The van der Waals surface area contributed by atoms with E-state index in [4.69, 9.17) is 0 Å². The Kier molecular flexibility index (Phi) is 2.76. The first-order valence-corrected chi connectivity index (χ1v) is 7.05. The number of rotatable bonds is 0. The third kappa shape index (κ3) is 1.52. The highest BCUT2D eigenvalue weighted by atomic mass is 16.3. The van der Waals surface area contributed by atoms with Crippen molar-refractivity contribution in [1.29, 1.82) is 0 Å². The molecule has 0 radical (unpaired) electrons. The second-order valence-electron chi connectivity index (χ2n) is 6.48. The molecule has 20 heavy (non-hydrogen) atoms. The van der Waals surface area contributed by atoms with Gasteiger partial charge in [0.25, 0.3) is 5.91 Å². The third-order valence-corrected chi connectivity index (χ3v) is 5.46. The maximum Gasteiger partial charge on any atom is 0.254 e. The van der Waals surface area contributed by atoms with Gasteiger partial charge in [0.05, 0.1) is 12.2 Å². The molecule has 0 spiro atoms. The molecule has 3 aliphatic rings. The lowest BCUT2D eigenvalue weighted by Gasteiger charge is -2.47. The number of amides is 1. The molecule has 0 saturated carbocycles. The molecule has 4 nitrogen and oxygen atoms in total. The zero-order valence-corrected chi connectivity index (χ0v) is 12.3. The quantitative estimate of drug-likeness (QED) is 0.702. The molecule has 0 aromatic carbocycles. The molecule has 3 rings (SSSR count). The number of carbonyl (C=O) groups is 1. The maximum atomic E-state index is 12.1. The van der Waals surface area contributed by atoms with E-state index in [9.17, 15) is 15.0 Å². The lowest BCUT2D eigenvalue weighted by atomic mass is 9.60. The molecule has 0 unspecified atom stereocenters. The fourth-order valence-electron chi connectivity index (χ4n) is 3.69. The zero-order chi connectivity index (χ0) is 14.8. The monoisotopic (exact) mass is 275 g/mol. The first-order valence-electron chi connectivity index (χ1n) is 7.05. The molecule has 1 heterocycles. The Bertz CT molecular complexity index is 587. The first-order chi connectivity index (χ1) is 9.27. The minimum Gasteiger partial charge on any atom is -0.390 e. The van der Waals surface area contributed by atoms with Crippen molar-refractivity contribution in [1.82, 2.24) is 4.90 Å². The Labute approximate surface area is 119 Å². The van der Waals surface area contributed by atoms with Crippen LogP contribution in [0.1, 0.15) is 27.2 Å². The van der Waals surface area contributed by atoms with Crippen molar-refractivity contribution < 1.29 is 15.0 Å². The molecule has 1 aliphatic heterocycles. The zero-order valence-electron chi connectivity index (χ0n) is 12.3. The molecule has 0 aromatic rings. The lowest BCUT2D eigenvalue weighted by Crippen LogP contribution is -2.47. The highest BCUT2D eigenvalue weighted by molar-refractivity contribution is 6.00. The van der Waals surface area contributed by atoms with E-state index in [2.05, 4.69) is 6.92 Å². The average molecular weight is 275 g/mol. The van der Waals surface area contributed by atoms with Crippen LogP contribution in [0.4, 0.5) is 0 Å². The summed E-state index contributed by atoms with van der Waals surface area (Å²) in [5, 5.41) is 20.1. The number of hydrogen-bond donors (Lipinski definition) is 2. The molecule has 2 N–H and O–H groups in total. The van der Waals surface area contributed by atoms with Gasteiger partial charge < -0.3 is 15.1 Å². The summed E-state index contributed by atoms with van der Waals surface area (Å²) in [5.74, 6) is -0.0144. The van der Waals surface area contributed by atoms with Gasteiger partial charge in [0, 0.05) is 23.7 Å². The van der Waals surface area contributed by atoms with Crippen LogP contribution in [0.15, 0.2) is 34.6 Å². The topological polar surface area (TPSA) is 60.8 Å². The predicted molar refractivity (Wildman–Crippen MR) is 75.5 cm³/mol. The Balaban J connectivity index is 2.18. The number of carbonyl (C=O) groups excluding carboxylic acids is 1. The highest BCUT2D eigenvalue weighted by Gasteiger charge is 2.48. The summed E-state index contributed by atoms with van der Waals surface area (Å²) in [6.45, 7) is 5.94. The van der Waals surface area contributed by atoms with Crippen molar-refractivity contribution in [2.45, 2.75) is 39.4 Å². The normalized spacial score (nSPS) is 40.4. The lowest BCUT2D eigenvalue weighted by molar-refractivity contribution is -0.123. The van der Waals surface area contributed by atoms with Crippen LogP contribution >= 0.6 is 0 Å². The van der Waals surface area contributed by atoms with E-state index in [0.717, 1.165) is 28.8 Å². The van der Waals surface area contributed by atoms with Crippen molar-refractivity contribution in [2.75, 3.05) is 7.05 Å². The van der Waals surface area contributed by atoms with Gasteiger partial charge in [0.15, 0.2) is 0 Å². The number of fused-ring (bicyclic) bond motifs is 2. The summed E-state index contributed by atoms with van der Waals surface area (Å²) in [4.78, 5) is 13.8. The number of allylic oxidation sites excluding steroid dienone is 3. The summed E-state index contributed by atoms with van der Waals surface area (Å²) >= 11 is 0. The molecule has 0 aromatic heterocycles. The van der Waals surface area contributed by atoms with E-state index < -0.39 is 12.2 Å². The van der Waals surface area contributed by atoms with Gasteiger partial charge in [0.1, 0.15) is 0 Å². The van der Waals surface area contributed by atoms with Crippen LogP contribution in [-0.2, 0) is 4.79 Å². The van der Waals surface area contributed by atoms with Gasteiger partial charge in [-0.15, -0.1) is 0 Å². The average Bonchev–Trinajstić information content (AvgIpc) is 2.61. The van der Waals surface area contributed by atoms with Crippen LogP contribution in [-0.4, -0.2) is 40.3 Å². The van der Waals surface area contributed by atoms with Crippen molar-refractivity contribution >= 4 is 5.91 Å². The minimum absolute atomic E-state index is 0.0443.